The van der Waals surface area contributed by atoms with Crippen LogP contribution in [0.5, 0.6) is 0 Å². The van der Waals surface area contributed by atoms with Gasteiger partial charge in [0.1, 0.15) is 0 Å². The Labute approximate surface area is 107 Å². The monoisotopic (exact) mass is 238 g/mol. The molecule has 1 saturated heterocycles. The maximum atomic E-state index is 3.73. The van der Waals surface area contributed by atoms with Crippen molar-refractivity contribution >= 4 is 0 Å². The molecule has 0 aromatic carbocycles. The van der Waals surface area contributed by atoms with Gasteiger partial charge in [0.15, 0.2) is 0 Å². The van der Waals surface area contributed by atoms with Crippen molar-refractivity contribution in [1.82, 2.24) is 10.2 Å². The van der Waals surface area contributed by atoms with Crippen LogP contribution in [0.4, 0.5) is 0 Å². The molecule has 0 aromatic rings. The zero-order valence-corrected chi connectivity index (χ0v) is 11.9. The number of piperazine rings is 1. The van der Waals surface area contributed by atoms with Crippen molar-refractivity contribution in [1.29, 1.82) is 0 Å². The third-order valence-electron chi connectivity index (χ3n) is 4.67. The first-order chi connectivity index (χ1) is 8.24. The van der Waals surface area contributed by atoms with Gasteiger partial charge >= 0.3 is 0 Å². The third kappa shape index (κ3) is 3.69. The van der Waals surface area contributed by atoms with Gasteiger partial charge in [-0.25, -0.2) is 0 Å². The Morgan fingerprint density at radius 1 is 1.29 bits per heavy atom. The highest BCUT2D eigenvalue weighted by Crippen LogP contribution is 2.37. The zero-order chi connectivity index (χ0) is 12.3. The largest absolute Gasteiger partial charge is 0.311 e. The molecule has 1 saturated carbocycles. The van der Waals surface area contributed by atoms with E-state index in [0.717, 1.165) is 23.9 Å². The lowest BCUT2D eigenvalue weighted by atomic mass is 9.99. The Morgan fingerprint density at radius 2 is 2.06 bits per heavy atom. The van der Waals surface area contributed by atoms with E-state index in [1.807, 2.05) is 0 Å². The molecule has 3 unspecified atom stereocenters. The topological polar surface area (TPSA) is 15.3 Å². The van der Waals surface area contributed by atoms with Gasteiger partial charge in [0.05, 0.1) is 0 Å². The standard InChI is InChI=1S/C15H30N2/c1-4-6-14-11-17(15(5-2)9-16-14)10-12(3)13-7-8-13/h12-16H,4-11H2,1-3H3. The minimum atomic E-state index is 0.745. The molecular weight excluding hydrogens is 208 g/mol. The van der Waals surface area contributed by atoms with E-state index < -0.39 is 0 Å². The average Bonchev–Trinajstić information content (AvgIpc) is 3.13. The van der Waals surface area contributed by atoms with E-state index in [1.54, 1.807) is 0 Å². The molecular formula is C15H30N2. The van der Waals surface area contributed by atoms with Crippen molar-refractivity contribution in [2.75, 3.05) is 19.6 Å². The molecule has 1 heterocycles. The van der Waals surface area contributed by atoms with Crippen molar-refractivity contribution in [3.63, 3.8) is 0 Å². The molecule has 17 heavy (non-hydrogen) atoms. The lowest BCUT2D eigenvalue weighted by Crippen LogP contribution is -2.57. The predicted octanol–water partition coefficient (Wildman–Crippen LogP) is 2.89. The zero-order valence-electron chi connectivity index (χ0n) is 11.9. The van der Waals surface area contributed by atoms with Gasteiger partial charge in [0.2, 0.25) is 0 Å². The fourth-order valence-electron chi connectivity index (χ4n) is 3.28. The van der Waals surface area contributed by atoms with Crippen molar-refractivity contribution in [3.8, 4) is 0 Å². The molecule has 0 spiro atoms. The second kappa shape index (κ2) is 6.19. The van der Waals surface area contributed by atoms with Crippen LogP contribution in [0.3, 0.4) is 0 Å². The number of nitrogens with zero attached hydrogens (tertiary/aromatic N) is 1. The highest BCUT2D eigenvalue weighted by molar-refractivity contribution is 4.88. The van der Waals surface area contributed by atoms with Crippen LogP contribution in [-0.2, 0) is 0 Å². The summed E-state index contributed by atoms with van der Waals surface area (Å²) < 4.78 is 0. The summed E-state index contributed by atoms with van der Waals surface area (Å²) in [5.74, 6) is 1.97. The maximum Gasteiger partial charge on any atom is 0.0218 e. The fourth-order valence-corrected chi connectivity index (χ4v) is 3.28. The first-order valence-corrected chi connectivity index (χ1v) is 7.72. The highest BCUT2D eigenvalue weighted by Gasteiger charge is 2.32. The summed E-state index contributed by atoms with van der Waals surface area (Å²) in [5, 5.41) is 3.73. The van der Waals surface area contributed by atoms with Crippen molar-refractivity contribution in [2.45, 2.75) is 65.0 Å². The first kappa shape index (κ1) is 13.4. The maximum absolute atomic E-state index is 3.73. The van der Waals surface area contributed by atoms with E-state index in [2.05, 4.69) is 31.0 Å². The van der Waals surface area contributed by atoms with Crippen molar-refractivity contribution in [3.05, 3.63) is 0 Å². The van der Waals surface area contributed by atoms with Crippen LogP contribution in [-0.4, -0.2) is 36.6 Å². The molecule has 2 nitrogen and oxygen atoms in total. The molecule has 0 radical (unpaired) electrons. The average molecular weight is 238 g/mol. The van der Waals surface area contributed by atoms with E-state index in [9.17, 15) is 0 Å². The van der Waals surface area contributed by atoms with Gasteiger partial charge in [0.25, 0.3) is 0 Å². The van der Waals surface area contributed by atoms with Gasteiger partial charge in [-0.15, -0.1) is 0 Å². The summed E-state index contributed by atoms with van der Waals surface area (Å²) in [7, 11) is 0. The minimum absolute atomic E-state index is 0.745. The summed E-state index contributed by atoms with van der Waals surface area (Å²) in [6.45, 7) is 10.9. The number of hydrogen-bond acceptors (Lipinski definition) is 2. The van der Waals surface area contributed by atoms with Crippen LogP contribution >= 0.6 is 0 Å². The van der Waals surface area contributed by atoms with E-state index in [4.69, 9.17) is 0 Å². The molecule has 2 heteroatoms. The molecule has 1 aliphatic heterocycles. The normalized spacial score (nSPS) is 32.6. The lowest BCUT2D eigenvalue weighted by molar-refractivity contribution is 0.102. The molecule has 1 aliphatic carbocycles. The van der Waals surface area contributed by atoms with Crippen LogP contribution < -0.4 is 5.32 Å². The molecule has 0 bridgehead atoms. The molecule has 0 amide bonds. The van der Waals surface area contributed by atoms with Crippen molar-refractivity contribution in [2.24, 2.45) is 11.8 Å². The second-order valence-corrected chi connectivity index (χ2v) is 6.22. The first-order valence-electron chi connectivity index (χ1n) is 7.72. The minimum Gasteiger partial charge on any atom is -0.311 e. The quantitative estimate of drug-likeness (QED) is 0.765. The van der Waals surface area contributed by atoms with Gasteiger partial charge in [-0.05, 0) is 37.5 Å². The van der Waals surface area contributed by atoms with Crippen LogP contribution in [0.15, 0.2) is 0 Å². The Balaban J connectivity index is 1.84. The summed E-state index contributed by atoms with van der Waals surface area (Å²) in [6, 6.07) is 1.53. The Kier molecular flexibility index (Phi) is 4.87. The molecule has 2 rings (SSSR count). The predicted molar refractivity (Wildman–Crippen MR) is 74.2 cm³/mol. The van der Waals surface area contributed by atoms with E-state index in [0.29, 0.717) is 0 Å². The van der Waals surface area contributed by atoms with Gasteiger partial charge in [-0.3, -0.25) is 4.90 Å². The van der Waals surface area contributed by atoms with E-state index >= 15 is 0 Å². The number of nitrogens with one attached hydrogen (secondary N) is 1. The Morgan fingerprint density at radius 3 is 2.65 bits per heavy atom. The van der Waals surface area contributed by atoms with Crippen LogP contribution in [0.25, 0.3) is 0 Å². The van der Waals surface area contributed by atoms with Crippen molar-refractivity contribution < 1.29 is 0 Å². The Hall–Kier alpha value is -0.0800. The fraction of sp³-hybridized carbons (Fsp3) is 1.00. The molecule has 100 valence electrons. The third-order valence-corrected chi connectivity index (χ3v) is 4.67. The molecule has 2 fully saturated rings. The molecule has 1 N–H and O–H groups in total. The van der Waals surface area contributed by atoms with Gasteiger partial charge in [-0.2, -0.15) is 0 Å². The van der Waals surface area contributed by atoms with Gasteiger partial charge < -0.3 is 5.32 Å². The smallest absolute Gasteiger partial charge is 0.0218 e. The second-order valence-electron chi connectivity index (χ2n) is 6.22. The highest BCUT2D eigenvalue weighted by atomic mass is 15.2. The van der Waals surface area contributed by atoms with Crippen LogP contribution in [0.2, 0.25) is 0 Å². The van der Waals surface area contributed by atoms with Crippen LogP contribution in [0.1, 0.15) is 52.9 Å². The number of hydrogen-bond donors (Lipinski definition) is 1. The molecule has 2 aliphatic rings. The molecule has 3 atom stereocenters. The summed E-state index contributed by atoms with van der Waals surface area (Å²) in [6.07, 6.45) is 6.92. The lowest BCUT2D eigenvalue weighted by Gasteiger charge is -2.41. The number of rotatable bonds is 6. The van der Waals surface area contributed by atoms with Gasteiger partial charge in [0, 0.05) is 31.7 Å². The summed E-state index contributed by atoms with van der Waals surface area (Å²) in [4.78, 5) is 2.78. The van der Waals surface area contributed by atoms with E-state index in [1.165, 1.54) is 51.7 Å². The SMILES string of the molecule is CCCC1CN(CC(C)C2CC2)C(CC)CN1. The van der Waals surface area contributed by atoms with Gasteiger partial charge in [-0.1, -0.05) is 27.2 Å². The van der Waals surface area contributed by atoms with Crippen LogP contribution in [0, 0.1) is 11.8 Å². The summed E-state index contributed by atoms with van der Waals surface area (Å²) >= 11 is 0. The summed E-state index contributed by atoms with van der Waals surface area (Å²) in [5.41, 5.74) is 0. The Bertz CT molecular complexity index is 225. The van der Waals surface area contributed by atoms with E-state index in [-0.39, 0.29) is 0 Å². The molecule has 0 aromatic heterocycles.